The summed E-state index contributed by atoms with van der Waals surface area (Å²) in [4.78, 5) is 0. The Kier molecular flexibility index (Phi) is 5.34. The minimum absolute atomic E-state index is 0.00321. The van der Waals surface area contributed by atoms with Gasteiger partial charge in [-0.25, -0.2) is 0 Å². The van der Waals surface area contributed by atoms with Crippen molar-refractivity contribution in [2.45, 2.75) is 19.9 Å². The number of hydrogen-bond donors (Lipinski definition) is 1. The summed E-state index contributed by atoms with van der Waals surface area (Å²) in [6.45, 7) is 4.91. The number of benzene rings is 2. The molecule has 0 aromatic heterocycles. The molecule has 0 spiro atoms. The van der Waals surface area contributed by atoms with Crippen molar-refractivity contribution < 1.29 is 0 Å². The van der Waals surface area contributed by atoms with Crippen molar-refractivity contribution in [3.8, 4) is 0 Å². The van der Waals surface area contributed by atoms with Gasteiger partial charge in [-0.05, 0) is 48.4 Å². The van der Waals surface area contributed by atoms with Crippen molar-refractivity contribution in [2.24, 2.45) is 0 Å². The molecule has 0 aliphatic rings. The molecule has 0 amide bonds. The molecule has 2 aromatic rings. The highest BCUT2D eigenvalue weighted by Gasteiger charge is 2.19. The summed E-state index contributed by atoms with van der Waals surface area (Å²) in [5.74, 6) is 0. The quantitative estimate of drug-likeness (QED) is 0.764. The summed E-state index contributed by atoms with van der Waals surface area (Å²) < 4.78 is 0. The van der Waals surface area contributed by atoms with Crippen LogP contribution in [0.25, 0.3) is 0 Å². The smallest absolute Gasteiger partial charge is 0.0594 e. The van der Waals surface area contributed by atoms with E-state index in [9.17, 15) is 0 Å². The van der Waals surface area contributed by atoms with Gasteiger partial charge >= 0.3 is 0 Å². The topological polar surface area (TPSA) is 12.0 Å². The molecular weight excluding hydrogens is 313 g/mol. The molecule has 0 bridgehead atoms. The summed E-state index contributed by atoms with van der Waals surface area (Å²) in [5, 5.41) is 5.51. The molecule has 2 rings (SSSR count). The third-order valence-corrected chi connectivity index (χ3v) is 4.27. The van der Waals surface area contributed by atoms with Gasteiger partial charge in [0.25, 0.3) is 0 Å². The van der Waals surface area contributed by atoms with Gasteiger partial charge in [0.05, 0.1) is 6.04 Å². The van der Waals surface area contributed by atoms with Crippen LogP contribution in [0.1, 0.15) is 29.7 Å². The first kappa shape index (κ1) is 15.7. The predicted octanol–water partition coefficient (Wildman–Crippen LogP) is 5.65. The maximum atomic E-state index is 6.34. The number of rotatable bonds is 4. The molecule has 0 fully saturated rings. The summed E-state index contributed by atoms with van der Waals surface area (Å²) in [6, 6.07) is 11.5. The zero-order valence-corrected chi connectivity index (χ0v) is 13.7. The molecule has 20 heavy (non-hydrogen) atoms. The third kappa shape index (κ3) is 3.29. The molecular formula is C16H16Cl3N. The van der Waals surface area contributed by atoms with E-state index in [0.717, 1.165) is 28.3 Å². The van der Waals surface area contributed by atoms with Gasteiger partial charge in [-0.2, -0.15) is 0 Å². The lowest BCUT2D eigenvalue weighted by Crippen LogP contribution is -2.23. The van der Waals surface area contributed by atoms with Crippen LogP contribution in [0.2, 0.25) is 15.1 Å². The van der Waals surface area contributed by atoms with Crippen LogP contribution >= 0.6 is 34.8 Å². The lowest BCUT2D eigenvalue weighted by atomic mass is 9.95. The SMILES string of the molecule is CCNC(c1ccc(Cl)cc1Cl)c1cccc(Cl)c1C. The van der Waals surface area contributed by atoms with Crippen molar-refractivity contribution in [2.75, 3.05) is 6.54 Å². The van der Waals surface area contributed by atoms with E-state index in [1.54, 1.807) is 6.07 Å². The molecule has 4 heteroatoms. The third-order valence-electron chi connectivity index (χ3n) is 3.30. The first-order valence-electron chi connectivity index (χ1n) is 6.48. The van der Waals surface area contributed by atoms with Crippen LogP contribution in [0.4, 0.5) is 0 Å². The van der Waals surface area contributed by atoms with Crippen LogP contribution in [0.3, 0.4) is 0 Å². The molecule has 0 heterocycles. The van der Waals surface area contributed by atoms with E-state index in [2.05, 4.69) is 18.3 Å². The van der Waals surface area contributed by atoms with E-state index in [1.165, 1.54) is 0 Å². The Hall–Kier alpha value is -0.730. The average molecular weight is 329 g/mol. The Labute approximate surface area is 134 Å². The largest absolute Gasteiger partial charge is 0.306 e. The molecule has 1 atom stereocenters. The van der Waals surface area contributed by atoms with E-state index in [1.807, 2.05) is 31.2 Å². The van der Waals surface area contributed by atoms with Crippen molar-refractivity contribution in [3.63, 3.8) is 0 Å². The first-order valence-corrected chi connectivity index (χ1v) is 7.61. The fourth-order valence-electron chi connectivity index (χ4n) is 2.26. The van der Waals surface area contributed by atoms with E-state index >= 15 is 0 Å². The minimum atomic E-state index is 0.00321. The van der Waals surface area contributed by atoms with Crippen LogP contribution in [-0.2, 0) is 0 Å². The summed E-state index contributed by atoms with van der Waals surface area (Å²) >= 11 is 18.5. The highest BCUT2D eigenvalue weighted by Crippen LogP contribution is 2.33. The summed E-state index contributed by atoms with van der Waals surface area (Å²) in [5.41, 5.74) is 3.19. The standard InChI is InChI=1S/C16H16Cl3N/c1-3-20-16(12-5-4-6-14(18)10(12)2)13-8-7-11(17)9-15(13)19/h4-9,16,20H,3H2,1-2H3. The molecule has 0 aliphatic carbocycles. The van der Waals surface area contributed by atoms with Crippen LogP contribution in [0.15, 0.2) is 36.4 Å². The van der Waals surface area contributed by atoms with Crippen molar-refractivity contribution in [1.29, 1.82) is 0 Å². The number of nitrogens with one attached hydrogen (secondary N) is 1. The van der Waals surface area contributed by atoms with Gasteiger partial charge in [-0.3, -0.25) is 0 Å². The summed E-state index contributed by atoms with van der Waals surface area (Å²) in [7, 11) is 0. The molecule has 1 unspecified atom stereocenters. The molecule has 106 valence electrons. The maximum Gasteiger partial charge on any atom is 0.0594 e. The monoisotopic (exact) mass is 327 g/mol. The van der Waals surface area contributed by atoms with Gasteiger partial charge in [0, 0.05) is 15.1 Å². The zero-order chi connectivity index (χ0) is 14.7. The highest BCUT2D eigenvalue weighted by molar-refractivity contribution is 6.35. The fourth-order valence-corrected chi connectivity index (χ4v) is 2.96. The number of halogens is 3. The van der Waals surface area contributed by atoms with Crippen molar-refractivity contribution >= 4 is 34.8 Å². The number of hydrogen-bond acceptors (Lipinski definition) is 1. The highest BCUT2D eigenvalue weighted by atomic mass is 35.5. The second-order valence-corrected chi connectivity index (χ2v) is 5.86. The second-order valence-electron chi connectivity index (χ2n) is 4.61. The average Bonchev–Trinajstić information content (AvgIpc) is 2.40. The minimum Gasteiger partial charge on any atom is -0.306 e. The normalized spacial score (nSPS) is 12.4. The van der Waals surface area contributed by atoms with Crippen LogP contribution < -0.4 is 5.32 Å². The predicted molar refractivity (Wildman–Crippen MR) is 88.2 cm³/mol. The fraction of sp³-hybridized carbons (Fsp3) is 0.250. The first-order chi connectivity index (χ1) is 9.54. The van der Waals surface area contributed by atoms with Gasteiger partial charge in [-0.1, -0.05) is 59.9 Å². The molecule has 1 nitrogen and oxygen atoms in total. The Balaban J connectivity index is 2.53. The molecule has 1 N–H and O–H groups in total. The van der Waals surface area contributed by atoms with Gasteiger partial charge < -0.3 is 5.32 Å². The molecule has 0 radical (unpaired) electrons. The van der Waals surface area contributed by atoms with Crippen LogP contribution in [0, 0.1) is 6.92 Å². The van der Waals surface area contributed by atoms with Gasteiger partial charge in [0.15, 0.2) is 0 Å². The van der Waals surface area contributed by atoms with Gasteiger partial charge in [-0.15, -0.1) is 0 Å². The molecule has 0 saturated carbocycles. The van der Waals surface area contributed by atoms with Gasteiger partial charge in [0.2, 0.25) is 0 Å². The van der Waals surface area contributed by atoms with Crippen LogP contribution in [0.5, 0.6) is 0 Å². The Morgan fingerprint density at radius 2 is 1.75 bits per heavy atom. The maximum absolute atomic E-state index is 6.34. The van der Waals surface area contributed by atoms with Crippen LogP contribution in [-0.4, -0.2) is 6.54 Å². The van der Waals surface area contributed by atoms with E-state index in [0.29, 0.717) is 10.0 Å². The van der Waals surface area contributed by atoms with E-state index < -0.39 is 0 Å². The Morgan fingerprint density at radius 3 is 2.40 bits per heavy atom. The molecule has 2 aromatic carbocycles. The zero-order valence-electron chi connectivity index (χ0n) is 11.4. The Bertz CT molecular complexity index is 611. The van der Waals surface area contributed by atoms with Crippen molar-refractivity contribution in [3.05, 3.63) is 68.2 Å². The van der Waals surface area contributed by atoms with Crippen molar-refractivity contribution in [1.82, 2.24) is 5.32 Å². The van der Waals surface area contributed by atoms with E-state index in [-0.39, 0.29) is 6.04 Å². The van der Waals surface area contributed by atoms with E-state index in [4.69, 9.17) is 34.8 Å². The lowest BCUT2D eigenvalue weighted by Gasteiger charge is -2.22. The molecule has 0 saturated heterocycles. The summed E-state index contributed by atoms with van der Waals surface area (Å²) in [6.07, 6.45) is 0. The second kappa shape index (κ2) is 6.82. The lowest BCUT2D eigenvalue weighted by molar-refractivity contribution is 0.628. The van der Waals surface area contributed by atoms with Gasteiger partial charge in [0.1, 0.15) is 0 Å². The Morgan fingerprint density at radius 1 is 1.00 bits per heavy atom. The molecule has 0 aliphatic heterocycles.